The van der Waals surface area contributed by atoms with Crippen LogP contribution in [0.4, 0.5) is 21.5 Å². The smallest absolute Gasteiger partial charge is 0.241 e. The number of aromatic hydroxyl groups is 1. The molecule has 1 N–H and O–H groups in total. The van der Waals surface area contributed by atoms with Crippen molar-refractivity contribution in [3.63, 3.8) is 0 Å². The predicted octanol–water partition coefficient (Wildman–Crippen LogP) is 5.77. The summed E-state index contributed by atoms with van der Waals surface area (Å²) in [6.07, 6.45) is 2.50. The molecule has 4 fully saturated rings. The Morgan fingerprint density at radius 2 is 1.55 bits per heavy atom. The molecule has 0 spiro atoms. The molecule has 0 aromatic heterocycles. The third kappa shape index (κ3) is 4.67. The molecule has 3 aromatic carbocycles. The van der Waals surface area contributed by atoms with E-state index >= 15 is 0 Å². The summed E-state index contributed by atoms with van der Waals surface area (Å²) in [5, 5.41) is 10.2. The summed E-state index contributed by atoms with van der Waals surface area (Å²) in [6.45, 7) is 6.34. The van der Waals surface area contributed by atoms with E-state index in [1.165, 1.54) is 17.0 Å². The highest BCUT2D eigenvalue weighted by Gasteiger charge is 2.67. The number of hydrogen-bond acceptors (Lipinski definition) is 7. The van der Waals surface area contributed by atoms with Gasteiger partial charge < -0.3 is 14.7 Å². The van der Waals surface area contributed by atoms with Crippen LogP contribution >= 0.6 is 11.6 Å². The van der Waals surface area contributed by atoms with Crippen molar-refractivity contribution >= 4 is 52.3 Å². The van der Waals surface area contributed by atoms with Crippen LogP contribution in [0.5, 0.6) is 5.75 Å². The Labute approximate surface area is 287 Å². The highest BCUT2D eigenvalue weighted by Crippen LogP contribution is 2.64. The molecule has 1 saturated carbocycles. The van der Waals surface area contributed by atoms with Gasteiger partial charge in [-0.1, -0.05) is 35.4 Å². The Kier molecular flexibility index (Phi) is 7.46. The minimum Gasteiger partial charge on any atom is -0.508 e. The van der Waals surface area contributed by atoms with Crippen molar-refractivity contribution in [2.75, 3.05) is 41.0 Å². The van der Waals surface area contributed by atoms with Crippen LogP contribution in [-0.2, 0) is 23.9 Å². The molecule has 2 aliphatic carbocycles. The van der Waals surface area contributed by atoms with E-state index < -0.39 is 52.6 Å². The number of ether oxygens (including phenoxy) is 1. The van der Waals surface area contributed by atoms with Gasteiger partial charge in [0.2, 0.25) is 23.6 Å². The number of aryl methyl sites for hydroxylation is 1. The first-order valence-electron chi connectivity index (χ1n) is 16.6. The zero-order valence-corrected chi connectivity index (χ0v) is 27.8. The molecule has 252 valence electrons. The Bertz CT molecular complexity index is 1960. The average Bonchev–Trinajstić information content (AvgIpc) is 3.47. The van der Waals surface area contributed by atoms with E-state index in [2.05, 4.69) is 4.90 Å². The molecule has 3 saturated heterocycles. The van der Waals surface area contributed by atoms with E-state index in [0.717, 1.165) is 40.9 Å². The number of phenolic OH excluding ortho intramolecular Hbond substituents is 1. The lowest BCUT2D eigenvalue weighted by Crippen LogP contribution is -2.48. The Balaban J connectivity index is 1.19. The topological polar surface area (TPSA) is 107 Å². The number of halogens is 2. The lowest BCUT2D eigenvalue weighted by molar-refractivity contribution is -0.131. The van der Waals surface area contributed by atoms with Gasteiger partial charge in [0.1, 0.15) is 11.6 Å². The zero-order chi connectivity index (χ0) is 34.4. The highest BCUT2D eigenvalue weighted by atomic mass is 35.5. The number of amides is 4. The van der Waals surface area contributed by atoms with E-state index in [1.54, 1.807) is 38.1 Å². The number of imide groups is 2. The summed E-state index contributed by atoms with van der Waals surface area (Å²) in [6, 6.07) is 16.3. The monoisotopic (exact) mass is 683 g/mol. The van der Waals surface area contributed by atoms with Crippen LogP contribution in [0, 0.1) is 41.8 Å². The number of rotatable bonds is 4. The number of benzene rings is 3. The number of allylic oxidation sites excluding steroid dienone is 2. The lowest BCUT2D eigenvalue weighted by atomic mass is 9.51. The normalized spacial score (nSPS) is 29.6. The van der Waals surface area contributed by atoms with Gasteiger partial charge in [0, 0.05) is 24.7 Å². The molecular weight excluding hydrogens is 649 g/mol. The van der Waals surface area contributed by atoms with Crippen LogP contribution < -0.4 is 14.7 Å². The number of anilines is 3. The second-order valence-electron chi connectivity index (χ2n) is 13.9. The van der Waals surface area contributed by atoms with E-state index in [1.807, 2.05) is 24.3 Å². The maximum Gasteiger partial charge on any atom is 0.241 e. The van der Waals surface area contributed by atoms with Crippen LogP contribution in [-0.4, -0.2) is 55.0 Å². The fourth-order valence-corrected chi connectivity index (χ4v) is 9.19. The van der Waals surface area contributed by atoms with Crippen molar-refractivity contribution in [3.05, 3.63) is 94.3 Å². The molecule has 0 radical (unpaired) electrons. The van der Waals surface area contributed by atoms with E-state index in [0.29, 0.717) is 30.9 Å². The van der Waals surface area contributed by atoms with Crippen molar-refractivity contribution in [2.24, 2.45) is 29.1 Å². The lowest BCUT2D eigenvalue weighted by Gasteiger charge is -2.49. The van der Waals surface area contributed by atoms with Gasteiger partial charge >= 0.3 is 0 Å². The third-order valence-electron chi connectivity index (χ3n) is 11.5. The number of nitrogens with zero attached hydrogens (tertiary/aromatic N) is 3. The summed E-state index contributed by atoms with van der Waals surface area (Å²) in [5.41, 5.74) is 2.57. The standard InChI is InChI=1S/C38H35ClFN3O6/c1-20-17-21(3-12-31(20)44)33-25-9-10-26-32(36(47)42(34(26)45)23-6-4-22(5-7-23)41-13-15-49-16-14-41)27(25)19-28-35(46)43(37(48)38(28,33)2)24-8-11-30(40)29(39)18-24/h3-9,11-12,17-18,26-28,32-33,44H,10,13-16,19H2,1-2H3. The minimum absolute atomic E-state index is 0.0961. The molecule has 8 rings (SSSR count). The summed E-state index contributed by atoms with van der Waals surface area (Å²) in [7, 11) is 0. The van der Waals surface area contributed by atoms with Crippen LogP contribution in [0.2, 0.25) is 5.02 Å². The van der Waals surface area contributed by atoms with Crippen LogP contribution in [0.15, 0.2) is 72.3 Å². The van der Waals surface area contributed by atoms with E-state index in [4.69, 9.17) is 16.3 Å². The zero-order valence-electron chi connectivity index (χ0n) is 27.1. The third-order valence-corrected chi connectivity index (χ3v) is 11.8. The molecule has 6 unspecified atom stereocenters. The highest BCUT2D eigenvalue weighted by molar-refractivity contribution is 6.32. The van der Waals surface area contributed by atoms with E-state index in [-0.39, 0.29) is 34.7 Å². The number of fused-ring (bicyclic) bond motifs is 4. The summed E-state index contributed by atoms with van der Waals surface area (Å²) in [4.78, 5) is 61.9. The second kappa shape index (κ2) is 11.5. The predicted molar refractivity (Wildman–Crippen MR) is 181 cm³/mol. The number of hydrogen-bond donors (Lipinski definition) is 1. The van der Waals surface area contributed by atoms with Gasteiger partial charge in [-0.05, 0) is 92.3 Å². The minimum atomic E-state index is -1.27. The first-order chi connectivity index (χ1) is 23.5. The van der Waals surface area contributed by atoms with Gasteiger partial charge in [0.05, 0.1) is 52.8 Å². The van der Waals surface area contributed by atoms with Gasteiger partial charge in [-0.2, -0.15) is 0 Å². The van der Waals surface area contributed by atoms with Crippen LogP contribution in [0.1, 0.15) is 36.8 Å². The van der Waals surface area contributed by atoms with Crippen molar-refractivity contribution in [1.29, 1.82) is 0 Å². The molecule has 3 aromatic rings. The first-order valence-corrected chi connectivity index (χ1v) is 17.0. The second-order valence-corrected chi connectivity index (χ2v) is 14.3. The molecule has 11 heteroatoms. The average molecular weight is 684 g/mol. The molecule has 6 atom stereocenters. The van der Waals surface area contributed by atoms with Gasteiger partial charge in [-0.3, -0.25) is 24.1 Å². The van der Waals surface area contributed by atoms with Gasteiger partial charge in [0.25, 0.3) is 0 Å². The molecule has 0 bridgehead atoms. The number of morpholine rings is 1. The van der Waals surface area contributed by atoms with Crippen molar-refractivity contribution in [2.45, 2.75) is 32.6 Å². The van der Waals surface area contributed by atoms with Crippen LogP contribution in [0.3, 0.4) is 0 Å². The summed E-state index contributed by atoms with van der Waals surface area (Å²) >= 11 is 6.10. The number of carbonyl (C=O) groups is 4. The number of carbonyl (C=O) groups excluding carboxylic acids is 4. The summed E-state index contributed by atoms with van der Waals surface area (Å²) < 4.78 is 19.6. The van der Waals surface area contributed by atoms with Crippen molar-refractivity contribution in [3.8, 4) is 5.75 Å². The largest absolute Gasteiger partial charge is 0.508 e. The molecular formula is C38H35ClFN3O6. The maximum atomic E-state index is 14.6. The van der Waals surface area contributed by atoms with Crippen molar-refractivity contribution in [1.82, 2.24) is 0 Å². The fourth-order valence-electron chi connectivity index (χ4n) is 9.01. The molecule has 9 nitrogen and oxygen atoms in total. The Hall–Kier alpha value is -4.54. The van der Waals surface area contributed by atoms with Crippen molar-refractivity contribution < 1.29 is 33.4 Å². The van der Waals surface area contributed by atoms with E-state index in [9.17, 15) is 28.7 Å². The Morgan fingerprint density at radius 3 is 2.24 bits per heavy atom. The molecule has 4 amide bonds. The summed E-state index contributed by atoms with van der Waals surface area (Å²) in [5.74, 6) is -5.33. The quantitative estimate of drug-likeness (QED) is 0.275. The molecule has 49 heavy (non-hydrogen) atoms. The fraction of sp³-hybridized carbons (Fsp3) is 0.368. The molecule has 3 heterocycles. The van der Waals surface area contributed by atoms with Crippen LogP contribution in [0.25, 0.3) is 0 Å². The Morgan fingerprint density at radius 1 is 0.857 bits per heavy atom. The first kappa shape index (κ1) is 31.7. The van der Waals surface area contributed by atoms with Gasteiger partial charge in [-0.25, -0.2) is 9.29 Å². The van der Waals surface area contributed by atoms with Gasteiger partial charge in [0.15, 0.2) is 0 Å². The molecule has 5 aliphatic rings. The SMILES string of the molecule is Cc1cc(C2C3=CCC4C(=O)N(c5ccc(N6CCOCC6)cc5)C(=O)C4C3CC3C(=O)N(c4ccc(F)c(Cl)c4)C(=O)C32C)ccc1O. The molecule has 3 aliphatic heterocycles. The van der Waals surface area contributed by atoms with Gasteiger partial charge in [-0.15, -0.1) is 0 Å². The maximum absolute atomic E-state index is 14.6. The number of phenols is 1.